The predicted molar refractivity (Wildman–Crippen MR) is 73.2 cm³/mol. The number of rotatable bonds is 5. The fraction of sp³-hybridized carbons (Fsp3) is 0.538. The summed E-state index contributed by atoms with van der Waals surface area (Å²) in [6, 6.07) is 0. The Balaban J connectivity index is 2.74. The maximum absolute atomic E-state index is 5.59. The van der Waals surface area contributed by atoms with Gasteiger partial charge in [0.2, 0.25) is 0 Å². The summed E-state index contributed by atoms with van der Waals surface area (Å²) >= 11 is 2.36. The Bertz CT molecular complexity index is 332. The minimum absolute atomic E-state index is 0.935. The zero-order chi connectivity index (χ0) is 11.3. The fourth-order valence-corrected chi connectivity index (χ4v) is 2.18. The van der Waals surface area contributed by atoms with Crippen molar-refractivity contribution in [3.8, 4) is 0 Å². The Morgan fingerprint density at radius 2 is 2.20 bits per heavy atom. The molecule has 1 aromatic heterocycles. The van der Waals surface area contributed by atoms with E-state index in [2.05, 4.69) is 49.4 Å². The third-order valence-electron chi connectivity index (χ3n) is 2.41. The molecule has 0 N–H and O–H groups in total. The molecular weight excluding hydrogens is 299 g/mol. The smallest absolute Gasteiger partial charge is 0.111 e. The lowest BCUT2D eigenvalue weighted by Crippen LogP contribution is -1.91. The Morgan fingerprint density at radius 3 is 2.80 bits per heavy atom. The number of hydrogen-bond acceptors (Lipinski definition) is 1. The molecule has 2 heteroatoms. The normalized spacial score (nSPS) is 10.4. The van der Waals surface area contributed by atoms with E-state index in [1.807, 2.05) is 6.26 Å². The Hall–Kier alpha value is -0.250. The van der Waals surface area contributed by atoms with Gasteiger partial charge in [0.05, 0.1) is 3.57 Å². The number of hydrogen-bond donors (Lipinski definition) is 0. The number of unbranched alkanes of at least 4 members (excludes halogenated alkanes) is 1. The molecule has 0 aliphatic heterocycles. The molecule has 0 bridgehead atoms. The molecule has 84 valence electrons. The fourth-order valence-electron chi connectivity index (χ4n) is 1.48. The topological polar surface area (TPSA) is 13.1 Å². The second-order valence-corrected chi connectivity index (χ2v) is 5.24. The van der Waals surface area contributed by atoms with Crippen molar-refractivity contribution in [3.63, 3.8) is 0 Å². The van der Waals surface area contributed by atoms with E-state index < -0.39 is 0 Å². The van der Waals surface area contributed by atoms with Crippen molar-refractivity contribution < 1.29 is 4.42 Å². The minimum atomic E-state index is 0.935. The van der Waals surface area contributed by atoms with Gasteiger partial charge in [-0.3, -0.25) is 0 Å². The summed E-state index contributed by atoms with van der Waals surface area (Å²) in [7, 11) is 0. The summed E-state index contributed by atoms with van der Waals surface area (Å²) in [6.07, 6.45) is 8.67. The van der Waals surface area contributed by atoms with Gasteiger partial charge in [-0.2, -0.15) is 0 Å². The van der Waals surface area contributed by atoms with Crippen LogP contribution < -0.4 is 0 Å². The van der Waals surface area contributed by atoms with Crippen LogP contribution >= 0.6 is 22.6 Å². The van der Waals surface area contributed by atoms with Crippen LogP contribution in [-0.4, -0.2) is 0 Å². The predicted octanol–water partition coefficient (Wildman–Crippen LogP) is 4.74. The van der Waals surface area contributed by atoms with Crippen LogP contribution in [-0.2, 0) is 12.8 Å². The summed E-state index contributed by atoms with van der Waals surface area (Å²) < 4.78 is 6.87. The first-order valence-electron chi connectivity index (χ1n) is 5.53. The van der Waals surface area contributed by atoms with E-state index in [1.165, 1.54) is 27.5 Å². The molecule has 1 aromatic rings. The molecule has 1 nitrogen and oxygen atoms in total. The van der Waals surface area contributed by atoms with E-state index in [-0.39, 0.29) is 0 Å². The summed E-state index contributed by atoms with van der Waals surface area (Å²) in [5.74, 6) is 1.15. The highest BCUT2D eigenvalue weighted by atomic mass is 127. The summed E-state index contributed by atoms with van der Waals surface area (Å²) in [4.78, 5) is 0. The lowest BCUT2D eigenvalue weighted by atomic mass is 10.1. The molecule has 0 saturated heterocycles. The van der Waals surface area contributed by atoms with Gasteiger partial charge in [0, 0.05) is 12.0 Å². The first kappa shape index (κ1) is 12.8. The molecule has 0 aromatic carbocycles. The number of furan rings is 1. The molecule has 0 aliphatic rings. The first-order valence-corrected chi connectivity index (χ1v) is 6.61. The maximum atomic E-state index is 5.59. The first-order chi connectivity index (χ1) is 7.15. The summed E-state index contributed by atoms with van der Waals surface area (Å²) in [6.45, 7) is 6.47. The third kappa shape index (κ3) is 4.01. The SMILES string of the molecule is CCCCc1c(I)coc1CC=C(C)C. The van der Waals surface area contributed by atoms with Crippen molar-refractivity contribution >= 4 is 22.6 Å². The maximum Gasteiger partial charge on any atom is 0.111 e. The molecule has 1 rings (SSSR count). The Labute approximate surface area is 106 Å². The highest BCUT2D eigenvalue weighted by molar-refractivity contribution is 14.1. The lowest BCUT2D eigenvalue weighted by Gasteiger charge is -2.00. The highest BCUT2D eigenvalue weighted by Crippen LogP contribution is 2.22. The molecule has 0 fully saturated rings. The van der Waals surface area contributed by atoms with Gasteiger partial charge in [-0.25, -0.2) is 0 Å². The standard InChI is InChI=1S/C13H19IO/c1-4-5-6-11-12(14)9-15-13(11)8-7-10(2)3/h7,9H,4-6,8H2,1-3H3. The van der Waals surface area contributed by atoms with Crippen molar-refractivity contribution in [3.05, 3.63) is 32.8 Å². The van der Waals surface area contributed by atoms with E-state index in [4.69, 9.17) is 4.42 Å². The zero-order valence-corrected chi connectivity index (χ0v) is 11.9. The van der Waals surface area contributed by atoms with Crippen LogP contribution in [0.15, 0.2) is 22.3 Å². The number of halogens is 1. The van der Waals surface area contributed by atoms with Gasteiger partial charge < -0.3 is 4.42 Å². The highest BCUT2D eigenvalue weighted by Gasteiger charge is 2.09. The van der Waals surface area contributed by atoms with Gasteiger partial charge in [0.1, 0.15) is 12.0 Å². The van der Waals surface area contributed by atoms with E-state index in [0.717, 1.165) is 18.6 Å². The Morgan fingerprint density at radius 1 is 1.47 bits per heavy atom. The second kappa shape index (κ2) is 6.36. The van der Waals surface area contributed by atoms with Crippen molar-refractivity contribution in [1.82, 2.24) is 0 Å². The second-order valence-electron chi connectivity index (χ2n) is 4.07. The quantitative estimate of drug-likeness (QED) is 0.565. The molecular formula is C13H19IO. The van der Waals surface area contributed by atoms with E-state index in [1.54, 1.807) is 0 Å². The van der Waals surface area contributed by atoms with E-state index >= 15 is 0 Å². The van der Waals surface area contributed by atoms with Crippen molar-refractivity contribution in [2.24, 2.45) is 0 Å². The van der Waals surface area contributed by atoms with Crippen LogP contribution in [0.3, 0.4) is 0 Å². The van der Waals surface area contributed by atoms with Gasteiger partial charge in [0.25, 0.3) is 0 Å². The molecule has 15 heavy (non-hydrogen) atoms. The molecule has 0 unspecified atom stereocenters. The van der Waals surface area contributed by atoms with E-state index in [0.29, 0.717) is 0 Å². The van der Waals surface area contributed by atoms with Gasteiger partial charge in [-0.05, 0) is 49.3 Å². The van der Waals surface area contributed by atoms with Crippen LogP contribution in [0.4, 0.5) is 0 Å². The van der Waals surface area contributed by atoms with Gasteiger partial charge in [-0.15, -0.1) is 0 Å². The third-order valence-corrected chi connectivity index (χ3v) is 3.31. The summed E-state index contributed by atoms with van der Waals surface area (Å²) in [5, 5.41) is 0. The van der Waals surface area contributed by atoms with Crippen LogP contribution in [0.25, 0.3) is 0 Å². The van der Waals surface area contributed by atoms with Crippen LogP contribution in [0.1, 0.15) is 44.9 Å². The molecule has 0 saturated carbocycles. The van der Waals surface area contributed by atoms with Crippen molar-refractivity contribution in [2.75, 3.05) is 0 Å². The number of allylic oxidation sites excluding steroid dienone is 2. The van der Waals surface area contributed by atoms with Crippen LogP contribution in [0.2, 0.25) is 0 Å². The largest absolute Gasteiger partial charge is 0.468 e. The molecule has 0 amide bonds. The van der Waals surface area contributed by atoms with Crippen molar-refractivity contribution in [2.45, 2.75) is 46.5 Å². The zero-order valence-electron chi connectivity index (χ0n) is 9.77. The molecule has 0 atom stereocenters. The van der Waals surface area contributed by atoms with Gasteiger partial charge >= 0.3 is 0 Å². The molecule has 0 aliphatic carbocycles. The van der Waals surface area contributed by atoms with E-state index in [9.17, 15) is 0 Å². The molecule has 0 radical (unpaired) electrons. The average molecular weight is 318 g/mol. The Kier molecular flexibility index (Phi) is 5.43. The molecule has 1 heterocycles. The lowest BCUT2D eigenvalue weighted by molar-refractivity contribution is 0.516. The van der Waals surface area contributed by atoms with Crippen LogP contribution in [0.5, 0.6) is 0 Å². The monoisotopic (exact) mass is 318 g/mol. The van der Waals surface area contributed by atoms with Gasteiger partial charge in [0.15, 0.2) is 0 Å². The van der Waals surface area contributed by atoms with Crippen molar-refractivity contribution in [1.29, 1.82) is 0 Å². The minimum Gasteiger partial charge on any atom is -0.468 e. The van der Waals surface area contributed by atoms with Gasteiger partial charge in [-0.1, -0.05) is 25.0 Å². The summed E-state index contributed by atoms with van der Waals surface area (Å²) in [5.41, 5.74) is 2.76. The average Bonchev–Trinajstić information content (AvgIpc) is 2.53. The molecule has 0 spiro atoms. The van der Waals surface area contributed by atoms with Crippen LogP contribution in [0, 0.1) is 3.57 Å².